The lowest BCUT2D eigenvalue weighted by molar-refractivity contribution is 0.559. The van der Waals surface area contributed by atoms with Gasteiger partial charge in [-0.2, -0.15) is 8.75 Å². The topological polar surface area (TPSA) is 68.5 Å². The van der Waals surface area contributed by atoms with Gasteiger partial charge in [0.2, 0.25) is 0 Å². The molecule has 6 nitrogen and oxygen atoms in total. The van der Waals surface area contributed by atoms with Gasteiger partial charge in [-0.15, -0.1) is 5.10 Å². The molecule has 3 aromatic rings. The molecule has 0 unspecified atom stereocenters. The maximum Gasteiger partial charge on any atom is 0.129 e. The smallest absolute Gasteiger partial charge is 0.129 e. The second-order valence-electron chi connectivity index (χ2n) is 6.03. The van der Waals surface area contributed by atoms with Crippen LogP contribution < -0.4 is 5.32 Å². The van der Waals surface area contributed by atoms with Crippen molar-refractivity contribution in [3.63, 3.8) is 0 Å². The number of fused-ring (bicyclic) bond motifs is 1. The number of anilines is 1. The molecule has 0 spiro atoms. The maximum atomic E-state index is 4.33. The molecule has 1 saturated carbocycles. The van der Waals surface area contributed by atoms with E-state index in [1.54, 1.807) is 0 Å². The van der Waals surface area contributed by atoms with Crippen LogP contribution in [0.3, 0.4) is 0 Å². The van der Waals surface area contributed by atoms with Crippen LogP contribution in [-0.4, -0.2) is 30.3 Å². The zero-order valence-electron chi connectivity index (χ0n) is 13.2. The number of nitrogens with one attached hydrogen (secondary N) is 1. The first-order valence-corrected chi connectivity index (χ1v) is 9.46. The third-order valence-electron chi connectivity index (χ3n) is 4.13. The molecule has 1 aliphatic rings. The van der Waals surface area contributed by atoms with E-state index in [0.29, 0.717) is 6.54 Å². The van der Waals surface area contributed by atoms with Gasteiger partial charge in [0, 0.05) is 13.1 Å². The Hall–Kier alpha value is -1.80. The summed E-state index contributed by atoms with van der Waals surface area (Å²) in [5.41, 5.74) is 4.90. The molecule has 0 bridgehead atoms. The zero-order chi connectivity index (χ0) is 16.5. The van der Waals surface area contributed by atoms with Gasteiger partial charge in [0.15, 0.2) is 0 Å². The van der Waals surface area contributed by atoms with Gasteiger partial charge in [-0.25, -0.2) is 4.68 Å². The predicted molar refractivity (Wildman–Crippen MR) is 100 cm³/mol. The van der Waals surface area contributed by atoms with Crippen LogP contribution >= 0.6 is 27.7 Å². The summed E-state index contributed by atoms with van der Waals surface area (Å²) in [5, 5.41) is 12.0. The highest BCUT2D eigenvalue weighted by molar-refractivity contribution is 9.10. The van der Waals surface area contributed by atoms with E-state index >= 15 is 0 Å². The lowest BCUT2D eigenvalue weighted by atomic mass is 10.2. The largest absolute Gasteiger partial charge is 0.381 e. The van der Waals surface area contributed by atoms with Gasteiger partial charge in [-0.1, -0.05) is 11.3 Å². The van der Waals surface area contributed by atoms with Gasteiger partial charge in [0.05, 0.1) is 38.8 Å². The van der Waals surface area contributed by atoms with Gasteiger partial charge in [-0.05, 0) is 59.8 Å². The monoisotopic (exact) mass is 404 g/mol. The number of nitrogens with zero attached hydrogens (tertiary/aromatic N) is 5. The van der Waals surface area contributed by atoms with Crippen LogP contribution in [0, 0.1) is 12.8 Å². The second-order valence-corrected chi connectivity index (χ2v) is 7.35. The highest BCUT2D eigenvalue weighted by Gasteiger charge is 2.23. The number of aromatic nitrogens is 5. The molecule has 0 atom stereocenters. The summed E-state index contributed by atoms with van der Waals surface area (Å²) in [7, 11) is 0. The molecule has 4 rings (SSSR count). The number of benzene rings is 1. The summed E-state index contributed by atoms with van der Waals surface area (Å²) in [6.45, 7) is 3.64. The van der Waals surface area contributed by atoms with E-state index < -0.39 is 0 Å². The van der Waals surface area contributed by atoms with Crippen LogP contribution in [0.15, 0.2) is 22.7 Å². The van der Waals surface area contributed by atoms with Crippen molar-refractivity contribution in [3.8, 4) is 0 Å². The van der Waals surface area contributed by atoms with Crippen molar-refractivity contribution in [2.24, 2.45) is 5.92 Å². The number of aryl methyl sites for hydroxylation is 1. The van der Waals surface area contributed by atoms with E-state index in [4.69, 9.17) is 0 Å². The molecule has 2 heterocycles. The van der Waals surface area contributed by atoms with Crippen molar-refractivity contribution >= 4 is 50.5 Å². The highest BCUT2D eigenvalue weighted by atomic mass is 79.9. The van der Waals surface area contributed by atoms with E-state index in [-0.39, 0.29) is 0 Å². The Labute approximate surface area is 152 Å². The van der Waals surface area contributed by atoms with Gasteiger partial charge in [0.25, 0.3) is 0 Å². The molecule has 0 aliphatic heterocycles. The number of halogens is 1. The normalized spacial score (nSPS) is 14.8. The third-order valence-corrected chi connectivity index (χ3v) is 5.56. The summed E-state index contributed by atoms with van der Waals surface area (Å²) in [6.07, 6.45) is 6.65. The average molecular weight is 405 g/mol. The van der Waals surface area contributed by atoms with Crippen molar-refractivity contribution in [2.45, 2.75) is 26.3 Å². The van der Waals surface area contributed by atoms with E-state index in [9.17, 15) is 0 Å². The number of rotatable bonds is 6. The summed E-state index contributed by atoms with van der Waals surface area (Å²) < 4.78 is 11.4. The molecular weight excluding hydrogens is 388 g/mol. The zero-order valence-corrected chi connectivity index (χ0v) is 15.6. The highest BCUT2D eigenvalue weighted by Crippen LogP contribution is 2.33. The first kappa shape index (κ1) is 15.7. The van der Waals surface area contributed by atoms with Gasteiger partial charge >= 0.3 is 0 Å². The quantitative estimate of drug-likeness (QED) is 0.674. The van der Waals surface area contributed by atoms with Gasteiger partial charge in [-0.3, -0.25) is 0 Å². The van der Waals surface area contributed by atoms with Crippen molar-refractivity contribution < 1.29 is 0 Å². The lowest BCUT2D eigenvalue weighted by Gasteiger charge is -2.07. The molecular formula is C16H17BrN6S. The molecule has 1 aromatic carbocycles. The molecule has 0 radical (unpaired) electrons. The Balaban J connectivity index is 1.47. The molecule has 1 aliphatic carbocycles. The lowest BCUT2D eigenvalue weighted by Crippen LogP contribution is -2.02. The first-order chi connectivity index (χ1) is 11.7. The van der Waals surface area contributed by atoms with E-state index in [1.165, 1.54) is 24.6 Å². The van der Waals surface area contributed by atoms with Crippen LogP contribution in [0.25, 0.3) is 17.1 Å². The van der Waals surface area contributed by atoms with Gasteiger partial charge in [0.1, 0.15) is 5.52 Å². The molecule has 124 valence electrons. The molecule has 8 heteroatoms. The van der Waals surface area contributed by atoms with Crippen LogP contribution in [0.2, 0.25) is 0 Å². The molecule has 2 aromatic heterocycles. The SMILES string of the molecule is Cc1nsnc1/C=C/CNc1ccc2c(nnn2CC2CC2)c1Br. The molecule has 1 fully saturated rings. The van der Waals surface area contributed by atoms with Crippen molar-refractivity contribution in [2.75, 3.05) is 11.9 Å². The Morgan fingerprint density at radius 3 is 3.00 bits per heavy atom. The minimum Gasteiger partial charge on any atom is -0.381 e. The summed E-state index contributed by atoms with van der Waals surface area (Å²) in [5.74, 6) is 0.778. The van der Waals surface area contributed by atoms with E-state index in [0.717, 1.165) is 45.0 Å². The fraction of sp³-hybridized carbons (Fsp3) is 0.375. The van der Waals surface area contributed by atoms with Crippen molar-refractivity contribution in [1.29, 1.82) is 0 Å². The van der Waals surface area contributed by atoms with Crippen LogP contribution in [0.5, 0.6) is 0 Å². The maximum absolute atomic E-state index is 4.33. The first-order valence-electron chi connectivity index (χ1n) is 7.93. The Morgan fingerprint density at radius 2 is 2.25 bits per heavy atom. The standard InChI is InChI=1S/C16H17BrN6S/c1-10-12(21-24-20-10)3-2-8-18-13-6-7-14-16(15(13)17)19-22-23(14)9-11-4-5-11/h2-3,6-7,11,18H,4-5,8-9H2,1H3/b3-2+. The van der Waals surface area contributed by atoms with Crippen molar-refractivity contribution in [1.82, 2.24) is 23.7 Å². The number of hydrogen-bond donors (Lipinski definition) is 1. The predicted octanol–water partition coefficient (Wildman–Crippen LogP) is 3.89. The van der Waals surface area contributed by atoms with Gasteiger partial charge < -0.3 is 5.32 Å². The van der Waals surface area contributed by atoms with Crippen LogP contribution in [0.1, 0.15) is 24.2 Å². The van der Waals surface area contributed by atoms with Crippen LogP contribution in [-0.2, 0) is 6.54 Å². The Bertz CT molecular complexity index is 895. The third kappa shape index (κ3) is 3.21. The number of hydrogen-bond acceptors (Lipinski definition) is 6. The van der Waals surface area contributed by atoms with E-state index in [2.05, 4.69) is 52.4 Å². The summed E-state index contributed by atoms with van der Waals surface area (Å²) in [6, 6.07) is 4.16. The molecule has 0 amide bonds. The molecule has 0 saturated heterocycles. The summed E-state index contributed by atoms with van der Waals surface area (Å²) in [4.78, 5) is 0. The van der Waals surface area contributed by atoms with Crippen LogP contribution in [0.4, 0.5) is 5.69 Å². The Morgan fingerprint density at radius 1 is 1.38 bits per heavy atom. The average Bonchev–Trinajstić information content (AvgIpc) is 3.16. The minimum atomic E-state index is 0.706. The van der Waals surface area contributed by atoms with Crippen molar-refractivity contribution in [3.05, 3.63) is 34.1 Å². The summed E-state index contributed by atoms with van der Waals surface area (Å²) >= 11 is 4.89. The molecule has 1 N–H and O–H groups in total. The Kier molecular flexibility index (Phi) is 4.32. The minimum absolute atomic E-state index is 0.706. The molecule has 24 heavy (non-hydrogen) atoms. The second kappa shape index (κ2) is 6.60. The fourth-order valence-corrected chi connectivity index (χ4v) is 3.64. The van der Waals surface area contributed by atoms with E-state index in [1.807, 2.05) is 23.8 Å². The fourth-order valence-electron chi connectivity index (χ4n) is 2.55.